The highest BCUT2D eigenvalue weighted by Gasteiger charge is 2.16. The highest BCUT2D eigenvalue weighted by Crippen LogP contribution is 2.19. The maximum absolute atomic E-state index is 13.0. The summed E-state index contributed by atoms with van der Waals surface area (Å²) >= 11 is 0. The van der Waals surface area contributed by atoms with Crippen LogP contribution in [0.5, 0.6) is 0 Å². The van der Waals surface area contributed by atoms with Gasteiger partial charge in [0.25, 0.3) is 5.91 Å². The first kappa shape index (κ1) is 25.6. The fraction of sp³-hybridized carbons (Fsp3) is 0.320. The lowest BCUT2D eigenvalue weighted by Crippen LogP contribution is -2.35. The van der Waals surface area contributed by atoms with Gasteiger partial charge in [0.05, 0.1) is 6.04 Å². The van der Waals surface area contributed by atoms with Crippen LogP contribution in [0.15, 0.2) is 55.0 Å². The van der Waals surface area contributed by atoms with Gasteiger partial charge >= 0.3 is 0 Å². The van der Waals surface area contributed by atoms with E-state index in [1.807, 2.05) is 19.1 Å². The predicted octanol–water partition coefficient (Wildman–Crippen LogP) is 3.15. The van der Waals surface area contributed by atoms with Gasteiger partial charge in [-0.2, -0.15) is 4.98 Å². The molecule has 1 atom stereocenters. The van der Waals surface area contributed by atoms with Crippen molar-refractivity contribution in [3.8, 4) is 0 Å². The standard InChI is InChI=1S/C25H32N8O2/c1-4-11-28-22-21(16-30-25(33-22)29-14-10-18-8-12-27-13-9-18)24(35)32-20-7-5-6-19(15-20)31-23(34)17(2)26-3/h5-9,12-13,15-17,26H,4,10-11,14H2,1-3H3,(H,31,34)(H,32,35)(H2,28,29,30,33)/t17-/m0/s1. The highest BCUT2D eigenvalue weighted by molar-refractivity contribution is 6.07. The van der Waals surface area contributed by atoms with E-state index in [1.54, 1.807) is 50.6 Å². The number of hydrogen-bond donors (Lipinski definition) is 5. The van der Waals surface area contributed by atoms with Crippen LogP contribution in [-0.2, 0) is 11.2 Å². The molecule has 3 rings (SSSR count). The Balaban J connectivity index is 1.68. The Bertz CT molecular complexity index is 1120. The molecule has 1 aromatic carbocycles. The van der Waals surface area contributed by atoms with Crippen molar-refractivity contribution in [2.24, 2.45) is 0 Å². The third-order valence-electron chi connectivity index (χ3n) is 5.24. The van der Waals surface area contributed by atoms with E-state index in [0.29, 0.717) is 41.8 Å². The molecule has 0 aliphatic rings. The molecule has 0 aliphatic carbocycles. The number of hydrogen-bond acceptors (Lipinski definition) is 8. The molecule has 10 nitrogen and oxygen atoms in total. The van der Waals surface area contributed by atoms with Crippen LogP contribution >= 0.6 is 0 Å². The van der Waals surface area contributed by atoms with Gasteiger partial charge in [0, 0.05) is 43.1 Å². The number of pyridine rings is 1. The minimum atomic E-state index is -0.348. The number of carbonyl (C=O) groups excluding carboxylic acids is 2. The number of carbonyl (C=O) groups is 2. The second-order valence-corrected chi connectivity index (χ2v) is 7.95. The van der Waals surface area contributed by atoms with Gasteiger partial charge in [0.2, 0.25) is 11.9 Å². The Morgan fingerprint density at radius 1 is 1.00 bits per heavy atom. The number of amides is 2. The fourth-order valence-electron chi connectivity index (χ4n) is 3.13. The molecule has 0 saturated heterocycles. The van der Waals surface area contributed by atoms with Crippen molar-refractivity contribution in [2.45, 2.75) is 32.7 Å². The second kappa shape index (κ2) is 13.0. The highest BCUT2D eigenvalue weighted by atomic mass is 16.2. The Morgan fingerprint density at radius 2 is 1.74 bits per heavy atom. The van der Waals surface area contributed by atoms with Crippen LogP contribution in [0.2, 0.25) is 0 Å². The van der Waals surface area contributed by atoms with E-state index >= 15 is 0 Å². The normalized spacial score (nSPS) is 11.4. The third kappa shape index (κ3) is 7.75. The summed E-state index contributed by atoms with van der Waals surface area (Å²) in [5.74, 6) is 0.386. The predicted molar refractivity (Wildman–Crippen MR) is 139 cm³/mol. The summed E-state index contributed by atoms with van der Waals surface area (Å²) in [4.78, 5) is 38.0. The van der Waals surface area contributed by atoms with Crippen LogP contribution in [0.3, 0.4) is 0 Å². The zero-order valence-corrected chi connectivity index (χ0v) is 20.3. The van der Waals surface area contributed by atoms with Crippen LogP contribution in [0.4, 0.5) is 23.1 Å². The minimum Gasteiger partial charge on any atom is -0.369 e. The van der Waals surface area contributed by atoms with Crippen LogP contribution in [0.25, 0.3) is 0 Å². The summed E-state index contributed by atoms with van der Waals surface area (Å²) < 4.78 is 0. The van der Waals surface area contributed by atoms with E-state index in [1.165, 1.54) is 6.20 Å². The molecule has 0 radical (unpaired) electrons. The summed E-state index contributed by atoms with van der Waals surface area (Å²) in [6, 6.07) is 10.6. The van der Waals surface area contributed by atoms with Gasteiger partial charge < -0.3 is 26.6 Å². The van der Waals surface area contributed by atoms with Gasteiger partial charge in [-0.25, -0.2) is 4.98 Å². The molecule has 2 aromatic heterocycles. The first-order valence-electron chi connectivity index (χ1n) is 11.6. The summed E-state index contributed by atoms with van der Waals surface area (Å²) in [6.07, 6.45) is 6.71. The van der Waals surface area contributed by atoms with Crippen molar-refractivity contribution in [2.75, 3.05) is 41.4 Å². The number of anilines is 4. The number of aromatic nitrogens is 3. The summed E-state index contributed by atoms with van der Waals surface area (Å²) in [7, 11) is 1.72. The Hall–Kier alpha value is -4.05. The van der Waals surface area contributed by atoms with Gasteiger partial charge in [-0.05, 0) is 62.7 Å². The molecule has 184 valence electrons. The van der Waals surface area contributed by atoms with Crippen LogP contribution < -0.4 is 26.6 Å². The monoisotopic (exact) mass is 476 g/mol. The zero-order valence-electron chi connectivity index (χ0n) is 20.3. The molecule has 0 bridgehead atoms. The lowest BCUT2D eigenvalue weighted by Gasteiger charge is -2.14. The Labute approximate surface area is 205 Å². The average molecular weight is 477 g/mol. The largest absolute Gasteiger partial charge is 0.369 e. The first-order valence-corrected chi connectivity index (χ1v) is 11.6. The molecule has 0 fully saturated rings. The van der Waals surface area contributed by atoms with E-state index in [9.17, 15) is 9.59 Å². The molecule has 3 aromatic rings. The lowest BCUT2D eigenvalue weighted by atomic mass is 10.2. The molecule has 2 heterocycles. The molecular weight excluding hydrogens is 444 g/mol. The molecular formula is C25H32N8O2. The minimum absolute atomic E-state index is 0.164. The lowest BCUT2D eigenvalue weighted by molar-refractivity contribution is -0.117. The quantitative estimate of drug-likeness (QED) is 0.269. The van der Waals surface area contributed by atoms with E-state index in [4.69, 9.17) is 0 Å². The van der Waals surface area contributed by atoms with Gasteiger partial charge in [-0.3, -0.25) is 14.6 Å². The SMILES string of the molecule is CCCNc1nc(NCCc2ccncc2)ncc1C(=O)Nc1cccc(NC(=O)[C@H](C)NC)c1. The molecule has 2 amide bonds. The van der Waals surface area contributed by atoms with Crippen molar-refractivity contribution in [3.05, 3.63) is 66.1 Å². The van der Waals surface area contributed by atoms with Crippen molar-refractivity contribution in [1.82, 2.24) is 20.3 Å². The maximum atomic E-state index is 13.0. The van der Waals surface area contributed by atoms with Crippen molar-refractivity contribution < 1.29 is 9.59 Å². The molecule has 35 heavy (non-hydrogen) atoms. The van der Waals surface area contributed by atoms with Crippen LogP contribution in [0, 0.1) is 0 Å². The maximum Gasteiger partial charge on any atom is 0.260 e. The second-order valence-electron chi connectivity index (χ2n) is 7.95. The molecule has 0 spiro atoms. The van der Waals surface area contributed by atoms with Crippen LogP contribution in [0.1, 0.15) is 36.2 Å². The number of rotatable bonds is 12. The molecule has 5 N–H and O–H groups in total. The van der Waals surface area contributed by atoms with E-state index in [-0.39, 0.29) is 17.9 Å². The topological polar surface area (TPSA) is 133 Å². The third-order valence-corrected chi connectivity index (χ3v) is 5.24. The van der Waals surface area contributed by atoms with Gasteiger partial charge in [0.1, 0.15) is 11.4 Å². The summed E-state index contributed by atoms with van der Waals surface area (Å²) in [6.45, 7) is 5.12. The number of nitrogens with zero attached hydrogens (tertiary/aromatic N) is 3. The zero-order chi connectivity index (χ0) is 25.0. The van der Waals surface area contributed by atoms with E-state index in [0.717, 1.165) is 18.4 Å². The first-order chi connectivity index (χ1) is 17.0. The molecule has 0 saturated carbocycles. The van der Waals surface area contributed by atoms with E-state index in [2.05, 4.69) is 41.5 Å². The summed E-state index contributed by atoms with van der Waals surface area (Å²) in [5.41, 5.74) is 2.62. The van der Waals surface area contributed by atoms with Crippen LogP contribution in [-0.4, -0.2) is 52.9 Å². The average Bonchev–Trinajstić information content (AvgIpc) is 2.87. The number of likely N-dealkylation sites (N-methyl/N-ethyl adjacent to an activating group) is 1. The molecule has 0 unspecified atom stereocenters. The van der Waals surface area contributed by atoms with Gasteiger partial charge in [0.15, 0.2) is 0 Å². The molecule has 0 aliphatic heterocycles. The van der Waals surface area contributed by atoms with Crippen molar-refractivity contribution in [3.63, 3.8) is 0 Å². The van der Waals surface area contributed by atoms with Gasteiger partial charge in [-0.1, -0.05) is 13.0 Å². The Morgan fingerprint density at radius 3 is 2.46 bits per heavy atom. The Kier molecular flexibility index (Phi) is 9.49. The van der Waals surface area contributed by atoms with Crippen molar-refractivity contribution in [1.29, 1.82) is 0 Å². The van der Waals surface area contributed by atoms with E-state index < -0.39 is 0 Å². The number of nitrogens with one attached hydrogen (secondary N) is 5. The molecule has 10 heteroatoms. The van der Waals surface area contributed by atoms with Crippen molar-refractivity contribution >= 4 is 35.0 Å². The number of benzene rings is 1. The fourth-order valence-corrected chi connectivity index (χ4v) is 3.13. The smallest absolute Gasteiger partial charge is 0.260 e. The summed E-state index contributed by atoms with van der Waals surface area (Å²) in [5, 5.41) is 15.0. The van der Waals surface area contributed by atoms with Gasteiger partial charge in [-0.15, -0.1) is 0 Å².